The van der Waals surface area contributed by atoms with Gasteiger partial charge in [-0.15, -0.1) is 0 Å². The number of anilines is 1. The fourth-order valence-corrected chi connectivity index (χ4v) is 11.9. The van der Waals surface area contributed by atoms with E-state index in [0.29, 0.717) is 30.0 Å². The van der Waals surface area contributed by atoms with E-state index in [2.05, 4.69) is 70.3 Å². The molecule has 2 bridgehead atoms. The molecule has 8 nitrogen and oxygen atoms in total. The maximum atomic E-state index is 14.1. The third-order valence-corrected chi connectivity index (χ3v) is 16.1. The molecule has 10 heteroatoms. The molecule has 54 heavy (non-hydrogen) atoms. The first-order valence-corrected chi connectivity index (χ1v) is 22.8. The van der Waals surface area contributed by atoms with E-state index in [-0.39, 0.29) is 22.5 Å². The normalized spacial score (nSPS) is 33.8. The number of ether oxygens (including phenoxy) is 2. The zero-order valence-corrected chi connectivity index (χ0v) is 34.9. The van der Waals surface area contributed by atoms with Gasteiger partial charge in [-0.2, -0.15) is 0 Å². The lowest BCUT2D eigenvalue weighted by molar-refractivity contribution is -0.109. The number of nitrogens with one attached hydrogen (secondary N) is 1. The Labute approximate surface area is 330 Å². The number of hydrogen-bond acceptors (Lipinski definition) is 7. The summed E-state index contributed by atoms with van der Waals surface area (Å²) >= 11 is 6.53. The summed E-state index contributed by atoms with van der Waals surface area (Å²) in [5, 5.41) is 0.445. The summed E-state index contributed by atoms with van der Waals surface area (Å²) in [6, 6.07) is 12.7. The number of aryl methyl sites for hydroxylation is 1. The summed E-state index contributed by atoms with van der Waals surface area (Å²) in [6.45, 7) is 16.1. The Bertz CT molecular complexity index is 1810. The molecule has 3 aliphatic heterocycles. The number of halogens is 1. The molecule has 2 aromatic rings. The van der Waals surface area contributed by atoms with Crippen molar-refractivity contribution >= 4 is 38.8 Å². The smallest absolute Gasteiger partial charge is 0.262 e. The first kappa shape index (κ1) is 39.7. The number of likely N-dealkylation sites (tertiary alicyclic amines) is 1. The SMILES string of the molecule is C=S1(=O)NC(=O)c2ccc3c(c2)N(C[C@@H]2CC[C@H]2[C@@](CN2CC(N(CCC)CCC)C2)(OC)/C=C/C[C@H](C)[C@H]1C)C[C@@]1(CCCc2cc(Cl)ccc21)CO3. The predicted molar refractivity (Wildman–Crippen MR) is 224 cm³/mol. The molecule has 296 valence electrons. The Morgan fingerprint density at radius 1 is 1.09 bits per heavy atom. The van der Waals surface area contributed by atoms with E-state index >= 15 is 0 Å². The van der Waals surface area contributed by atoms with Crippen LogP contribution in [0.4, 0.5) is 5.69 Å². The molecule has 1 saturated heterocycles. The highest BCUT2D eigenvalue weighted by Crippen LogP contribution is 2.49. The minimum Gasteiger partial charge on any atom is -0.490 e. The number of rotatable bonds is 8. The minimum absolute atomic E-state index is 0.0385. The molecule has 0 aromatic heterocycles. The number of carbonyl (C=O) groups is 1. The summed E-state index contributed by atoms with van der Waals surface area (Å²) in [5.74, 6) is 5.26. The van der Waals surface area contributed by atoms with E-state index in [4.69, 9.17) is 21.1 Å². The zero-order valence-electron chi connectivity index (χ0n) is 33.3. The van der Waals surface area contributed by atoms with Gasteiger partial charge in [0.15, 0.2) is 0 Å². The van der Waals surface area contributed by atoms with E-state index in [1.165, 1.54) is 24.0 Å². The Morgan fingerprint density at radius 3 is 2.57 bits per heavy atom. The van der Waals surface area contributed by atoms with Crippen molar-refractivity contribution in [2.24, 2.45) is 17.8 Å². The van der Waals surface area contributed by atoms with Gasteiger partial charge in [-0.05, 0) is 136 Å². The zero-order chi connectivity index (χ0) is 38.3. The van der Waals surface area contributed by atoms with Gasteiger partial charge in [0, 0.05) is 67.1 Å². The van der Waals surface area contributed by atoms with Gasteiger partial charge >= 0.3 is 0 Å². The average Bonchev–Trinajstić information content (AvgIpc) is 3.26. The number of carbonyl (C=O) groups excluding carboxylic acids is 1. The summed E-state index contributed by atoms with van der Waals surface area (Å²) in [4.78, 5) is 21.6. The Kier molecular flexibility index (Phi) is 11.8. The maximum absolute atomic E-state index is 14.1. The standard InChI is InChI=1S/C44H63ClN4O4S/c1-7-21-48(22-8-2)37-26-47(27-37)29-44(52-5)20-9-11-31(3)32(4)54(6,51)46-42(50)34-14-18-41-40(24-34)49(25-35-13-16-39(35)44)28-43(30-53-41)19-10-12-33-23-36(45)15-17-38(33)43/h9,14-15,17-18,20,23-24,31-32,35,37,39H,6-8,10-13,16,19,21-22,25-30H2,1-5H3,(H,46,50,51)/b20-9+/t31-,32+,35-,39+,43-,44+,54?/m0/s1. The van der Waals surface area contributed by atoms with Gasteiger partial charge < -0.3 is 14.4 Å². The topological polar surface area (TPSA) is 74.4 Å². The van der Waals surface area contributed by atoms with Crippen LogP contribution in [0.25, 0.3) is 0 Å². The van der Waals surface area contributed by atoms with E-state index in [1.54, 1.807) is 6.07 Å². The van der Waals surface area contributed by atoms with E-state index < -0.39 is 15.3 Å². The van der Waals surface area contributed by atoms with Crippen molar-refractivity contribution in [3.05, 3.63) is 70.3 Å². The van der Waals surface area contributed by atoms with Gasteiger partial charge in [-0.25, -0.2) is 4.21 Å². The quantitative estimate of drug-likeness (QED) is 0.222. The molecule has 2 fully saturated rings. The molecule has 2 aliphatic carbocycles. The molecule has 7 rings (SSSR count). The average molecular weight is 780 g/mol. The highest BCUT2D eigenvalue weighted by Gasteiger charge is 2.51. The van der Waals surface area contributed by atoms with Crippen LogP contribution in [0.15, 0.2) is 48.6 Å². The van der Waals surface area contributed by atoms with Crippen LogP contribution in [0.1, 0.15) is 94.1 Å². The number of benzene rings is 2. The fourth-order valence-electron chi connectivity index (χ4n) is 10.2. The van der Waals surface area contributed by atoms with Crippen LogP contribution in [0.2, 0.25) is 5.02 Å². The van der Waals surface area contributed by atoms with Gasteiger partial charge in [0.25, 0.3) is 5.91 Å². The largest absolute Gasteiger partial charge is 0.490 e. The fraction of sp³-hybridized carbons (Fsp3) is 0.636. The van der Waals surface area contributed by atoms with Crippen LogP contribution in [0.3, 0.4) is 0 Å². The van der Waals surface area contributed by atoms with Gasteiger partial charge in [0.2, 0.25) is 0 Å². The van der Waals surface area contributed by atoms with Gasteiger partial charge in [-0.1, -0.05) is 50.6 Å². The number of nitrogens with zero attached hydrogens (tertiary/aromatic N) is 3. The van der Waals surface area contributed by atoms with Crippen molar-refractivity contribution in [2.45, 2.75) is 101 Å². The molecule has 7 atom stereocenters. The molecule has 1 saturated carbocycles. The predicted octanol–water partition coefficient (Wildman–Crippen LogP) is 7.38. The molecule has 1 N–H and O–H groups in total. The molecule has 2 aromatic carbocycles. The van der Waals surface area contributed by atoms with Gasteiger partial charge in [0.05, 0.1) is 22.0 Å². The van der Waals surface area contributed by atoms with Crippen molar-refractivity contribution in [3.63, 3.8) is 0 Å². The molecule has 0 radical (unpaired) electrons. The minimum atomic E-state index is -2.95. The number of methoxy groups -OCH3 is 1. The second kappa shape index (κ2) is 16.1. The van der Waals surface area contributed by atoms with Gasteiger partial charge in [0.1, 0.15) is 11.4 Å². The number of amides is 1. The third-order valence-electron chi connectivity index (χ3n) is 13.7. The second-order valence-electron chi connectivity index (χ2n) is 17.3. The molecule has 1 amide bonds. The van der Waals surface area contributed by atoms with Crippen molar-refractivity contribution < 1.29 is 18.5 Å². The lowest BCUT2D eigenvalue weighted by Crippen LogP contribution is -2.65. The Balaban J connectivity index is 1.26. The second-order valence-corrected chi connectivity index (χ2v) is 20.1. The number of hydrogen-bond donors (Lipinski definition) is 1. The Morgan fingerprint density at radius 2 is 1.87 bits per heavy atom. The number of fused-ring (bicyclic) bond motifs is 4. The molecular formula is C44H63ClN4O4S. The Hall–Kier alpha value is -2.56. The van der Waals surface area contributed by atoms with Crippen LogP contribution in [0.5, 0.6) is 5.75 Å². The van der Waals surface area contributed by atoms with E-state index in [0.717, 1.165) is 101 Å². The van der Waals surface area contributed by atoms with Crippen LogP contribution < -0.4 is 14.4 Å². The van der Waals surface area contributed by atoms with Gasteiger partial charge in [-0.3, -0.25) is 19.3 Å². The number of allylic oxidation sites excluding steroid dienone is 1. The molecule has 5 aliphatic rings. The first-order valence-electron chi connectivity index (χ1n) is 20.6. The summed E-state index contributed by atoms with van der Waals surface area (Å²) < 4.78 is 30.4. The molecule has 1 spiro atoms. The van der Waals surface area contributed by atoms with Crippen molar-refractivity contribution in [1.29, 1.82) is 0 Å². The lowest BCUT2D eigenvalue weighted by atomic mass is 9.63. The molecule has 3 heterocycles. The van der Waals surface area contributed by atoms with E-state index in [1.807, 2.05) is 32.2 Å². The highest BCUT2D eigenvalue weighted by atomic mass is 35.5. The summed E-state index contributed by atoms with van der Waals surface area (Å²) in [7, 11) is -1.05. The molecular weight excluding hydrogens is 716 g/mol. The van der Waals surface area contributed by atoms with Crippen molar-refractivity contribution in [1.82, 2.24) is 14.5 Å². The van der Waals surface area contributed by atoms with Crippen molar-refractivity contribution in [2.75, 3.05) is 64.4 Å². The molecule has 1 unspecified atom stereocenters. The lowest BCUT2D eigenvalue weighted by Gasteiger charge is -2.54. The monoisotopic (exact) mass is 778 g/mol. The summed E-state index contributed by atoms with van der Waals surface area (Å²) in [6.07, 6.45) is 13.0. The maximum Gasteiger partial charge on any atom is 0.262 e. The highest BCUT2D eigenvalue weighted by molar-refractivity contribution is 7.99. The van der Waals surface area contributed by atoms with Crippen LogP contribution in [0, 0.1) is 17.8 Å². The van der Waals surface area contributed by atoms with Crippen LogP contribution >= 0.6 is 11.6 Å². The van der Waals surface area contributed by atoms with Crippen molar-refractivity contribution in [3.8, 4) is 5.75 Å². The van der Waals surface area contributed by atoms with Crippen LogP contribution in [-0.2, 0) is 26.3 Å². The van der Waals surface area contributed by atoms with E-state index in [9.17, 15) is 9.00 Å². The first-order chi connectivity index (χ1) is 25.9. The summed E-state index contributed by atoms with van der Waals surface area (Å²) in [5.41, 5.74) is 3.35. The third kappa shape index (κ3) is 7.74. The van der Waals surface area contributed by atoms with Crippen LogP contribution in [-0.4, -0.2) is 102 Å².